The summed E-state index contributed by atoms with van der Waals surface area (Å²) in [4.78, 5) is 25.9. The molecule has 0 radical (unpaired) electrons. The Morgan fingerprint density at radius 1 is 1.40 bits per heavy atom. The minimum atomic E-state index is -0.481. The van der Waals surface area contributed by atoms with Crippen molar-refractivity contribution in [2.24, 2.45) is 0 Å². The normalized spacial score (nSPS) is 16.6. The second-order valence-corrected chi connectivity index (χ2v) is 6.86. The second-order valence-electron chi connectivity index (χ2n) is 5.83. The number of hydrogen-bond acceptors (Lipinski definition) is 5. The molecule has 1 aromatic heterocycles. The Morgan fingerprint density at radius 3 is 2.96 bits per heavy atom. The van der Waals surface area contributed by atoms with Crippen LogP contribution in [-0.4, -0.2) is 35.1 Å². The second kappa shape index (κ2) is 8.09. The third-order valence-electron chi connectivity index (χ3n) is 3.97. The van der Waals surface area contributed by atoms with Gasteiger partial charge in [0.1, 0.15) is 0 Å². The lowest BCUT2D eigenvalue weighted by Gasteiger charge is -2.25. The van der Waals surface area contributed by atoms with Crippen LogP contribution in [0.2, 0.25) is 0 Å². The molecule has 0 aliphatic carbocycles. The molecule has 25 heavy (non-hydrogen) atoms. The van der Waals surface area contributed by atoms with E-state index in [9.17, 15) is 14.9 Å². The van der Waals surface area contributed by atoms with Gasteiger partial charge in [-0.3, -0.25) is 10.1 Å². The van der Waals surface area contributed by atoms with Gasteiger partial charge >= 0.3 is 6.03 Å². The number of carbonyl (C=O) groups excluding carboxylic acids is 1. The van der Waals surface area contributed by atoms with Gasteiger partial charge in [-0.25, -0.2) is 4.79 Å². The van der Waals surface area contributed by atoms with E-state index >= 15 is 0 Å². The highest BCUT2D eigenvalue weighted by molar-refractivity contribution is 7.09. The molecule has 1 aromatic carbocycles. The zero-order valence-corrected chi connectivity index (χ0v) is 14.4. The summed E-state index contributed by atoms with van der Waals surface area (Å²) in [6.45, 7) is 1.71. The summed E-state index contributed by atoms with van der Waals surface area (Å²) >= 11 is 1.59. The molecule has 1 aliphatic heterocycles. The van der Waals surface area contributed by atoms with Crippen LogP contribution in [0.15, 0.2) is 41.8 Å². The van der Waals surface area contributed by atoms with Gasteiger partial charge in [-0.2, -0.15) is 0 Å². The van der Waals surface area contributed by atoms with Gasteiger partial charge in [-0.1, -0.05) is 12.1 Å². The molecule has 1 N–H and O–H groups in total. The minimum Gasteiger partial charge on any atom is -0.376 e. The lowest BCUT2D eigenvalue weighted by Crippen LogP contribution is -2.39. The van der Waals surface area contributed by atoms with E-state index in [4.69, 9.17) is 4.74 Å². The number of amides is 2. The van der Waals surface area contributed by atoms with E-state index in [-0.39, 0.29) is 17.8 Å². The molecular formula is C17H19N3O4S. The van der Waals surface area contributed by atoms with Crippen molar-refractivity contribution < 1.29 is 14.5 Å². The number of carbonyl (C=O) groups is 1. The Hall–Kier alpha value is -2.45. The SMILES string of the molecule is O=C(Nc1cccc([N+](=O)[O-])c1)N(Cc1cccs1)CC1CCCO1. The minimum absolute atomic E-state index is 0.0378. The fourth-order valence-corrected chi connectivity index (χ4v) is 3.46. The van der Waals surface area contributed by atoms with Crippen molar-refractivity contribution in [3.05, 3.63) is 56.8 Å². The van der Waals surface area contributed by atoms with Crippen LogP contribution in [0.25, 0.3) is 0 Å². The number of anilines is 1. The van der Waals surface area contributed by atoms with E-state index in [1.807, 2.05) is 17.5 Å². The van der Waals surface area contributed by atoms with E-state index < -0.39 is 4.92 Å². The van der Waals surface area contributed by atoms with Crippen LogP contribution >= 0.6 is 11.3 Å². The first-order chi connectivity index (χ1) is 12.1. The molecule has 1 fully saturated rings. The Labute approximate surface area is 149 Å². The summed E-state index contributed by atoms with van der Waals surface area (Å²) in [5.41, 5.74) is 0.351. The number of hydrogen-bond donors (Lipinski definition) is 1. The summed E-state index contributed by atoms with van der Waals surface area (Å²) in [7, 11) is 0. The molecule has 7 nitrogen and oxygen atoms in total. The molecule has 3 rings (SSSR count). The molecule has 0 spiro atoms. The molecule has 2 aromatic rings. The maximum absolute atomic E-state index is 12.7. The molecule has 1 aliphatic rings. The highest BCUT2D eigenvalue weighted by atomic mass is 32.1. The predicted molar refractivity (Wildman–Crippen MR) is 95.8 cm³/mol. The first kappa shape index (κ1) is 17.4. The topological polar surface area (TPSA) is 84.7 Å². The Bertz CT molecular complexity index is 729. The molecule has 0 bridgehead atoms. The molecule has 1 unspecified atom stereocenters. The number of ether oxygens (including phenoxy) is 1. The summed E-state index contributed by atoms with van der Waals surface area (Å²) in [6.07, 6.45) is 1.98. The first-order valence-electron chi connectivity index (χ1n) is 8.06. The third-order valence-corrected chi connectivity index (χ3v) is 4.83. The largest absolute Gasteiger partial charge is 0.376 e. The summed E-state index contributed by atoms with van der Waals surface area (Å²) in [5, 5.41) is 15.6. The fourth-order valence-electron chi connectivity index (χ4n) is 2.74. The van der Waals surface area contributed by atoms with Crippen molar-refractivity contribution >= 4 is 28.7 Å². The van der Waals surface area contributed by atoms with Crippen molar-refractivity contribution in [1.29, 1.82) is 0 Å². The molecule has 2 amide bonds. The molecule has 132 valence electrons. The maximum atomic E-state index is 12.7. The molecular weight excluding hydrogens is 342 g/mol. The maximum Gasteiger partial charge on any atom is 0.322 e. The van der Waals surface area contributed by atoms with E-state index in [1.165, 1.54) is 12.1 Å². The summed E-state index contributed by atoms with van der Waals surface area (Å²) in [6, 6.07) is 9.58. The Morgan fingerprint density at radius 2 is 2.28 bits per heavy atom. The van der Waals surface area contributed by atoms with Gasteiger partial charge in [0.05, 0.1) is 17.6 Å². The first-order valence-corrected chi connectivity index (χ1v) is 8.94. The highest BCUT2D eigenvalue weighted by Gasteiger charge is 2.23. The number of thiophene rings is 1. The quantitative estimate of drug-likeness (QED) is 0.625. The molecule has 1 atom stereocenters. The summed E-state index contributed by atoms with van der Waals surface area (Å²) in [5.74, 6) is 0. The average Bonchev–Trinajstić information content (AvgIpc) is 3.28. The lowest BCUT2D eigenvalue weighted by atomic mass is 10.2. The van der Waals surface area contributed by atoms with Crippen molar-refractivity contribution in [2.45, 2.75) is 25.5 Å². The van der Waals surface area contributed by atoms with Crippen LogP contribution in [0, 0.1) is 10.1 Å². The standard InChI is InChI=1S/C17H19N3O4S/c21-17(18-13-4-1-5-14(10-13)20(22)23)19(11-15-6-2-8-24-15)12-16-7-3-9-25-16/h1,3-5,7,9-10,15H,2,6,8,11-12H2,(H,18,21). The molecule has 1 saturated heterocycles. The van der Waals surface area contributed by atoms with Crippen LogP contribution in [0.1, 0.15) is 17.7 Å². The van der Waals surface area contributed by atoms with Crippen LogP contribution < -0.4 is 5.32 Å². The van der Waals surface area contributed by atoms with Crippen LogP contribution in [0.4, 0.5) is 16.2 Å². The van der Waals surface area contributed by atoms with Gasteiger partial charge in [-0.15, -0.1) is 11.3 Å². The van der Waals surface area contributed by atoms with Gasteiger partial charge < -0.3 is 15.0 Å². The zero-order valence-electron chi connectivity index (χ0n) is 13.6. The fraction of sp³-hybridized carbons (Fsp3) is 0.353. The number of nitrogens with one attached hydrogen (secondary N) is 1. The number of urea groups is 1. The van der Waals surface area contributed by atoms with Crippen LogP contribution in [0.5, 0.6) is 0 Å². The van der Waals surface area contributed by atoms with Gasteiger partial charge in [0.15, 0.2) is 0 Å². The lowest BCUT2D eigenvalue weighted by molar-refractivity contribution is -0.384. The van der Waals surface area contributed by atoms with Gasteiger partial charge in [0.25, 0.3) is 5.69 Å². The highest BCUT2D eigenvalue weighted by Crippen LogP contribution is 2.20. The van der Waals surface area contributed by atoms with Gasteiger partial charge in [0.2, 0.25) is 0 Å². The van der Waals surface area contributed by atoms with Crippen molar-refractivity contribution in [3.63, 3.8) is 0 Å². The average molecular weight is 361 g/mol. The third kappa shape index (κ3) is 4.77. The number of nitro groups is 1. The summed E-state index contributed by atoms with van der Waals surface area (Å²) < 4.78 is 5.65. The van der Waals surface area contributed by atoms with Gasteiger partial charge in [-0.05, 0) is 30.4 Å². The zero-order chi connectivity index (χ0) is 17.6. The number of nitrogens with zero attached hydrogens (tertiary/aromatic N) is 2. The van der Waals surface area contributed by atoms with Crippen molar-refractivity contribution in [3.8, 4) is 0 Å². The monoisotopic (exact) mass is 361 g/mol. The van der Waals surface area contributed by atoms with E-state index in [0.29, 0.717) is 18.8 Å². The molecule has 8 heteroatoms. The Kier molecular flexibility index (Phi) is 5.62. The van der Waals surface area contributed by atoms with E-state index in [0.717, 1.165) is 24.3 Å². The number of benzene rings is 1. The van der Waals surface area contributed by atoms with Crippen molar-refractivity contribution in [2.75, 3.05) is 18.5 Å². The Balaban J connectivity index is 1.71. The van der Waals surface area contributed by atoms with Crippen LogP contribution in [-0.2, 0) is 11.3 Å². The predicted octanol–water partition coefficient (Wildman–Crippen LogP) is 3.87. The number of non-ortho nitro benzene ring substituents is 1. The number of rotatable bonds is 6. The van der Waals surface area contributed by atoms with Crippen LogP contribution in [0.3, 0.4) is 0 Å². The number of nitro benzene ring substituents is 1. The smallest absolute Gasteiger partial charge is 0.322 e. The van der Waals surface area contributed by atoms with Gasteiger partial charge in [0, 0.05) is 35.8 Å². The van der Waals surface area contributed by atoms with Crippen molar-refractivity contribution in [1.82, 2.24) is 4.90 Å². The van der Waals surface area contributed by atoms with E-state index in [1.54, 1.807) is 28.4 Å². The molecule has 0 saturated carbocycles. The van der Waals surface area contributed by atoms with E-state index in [2.05, 4.69) is 5.32 Å². The molecule has 2 heterocycles.